The number of aliphatic hydroxyl groups is 1. The van der Waals surface area contributed by atoms with E-state index in [2.05, 4.69) is 15.0 Å². The van der Waals surface area contributed by atoms with Gasteiger partial charge >= 0.3 is 0 Å². The van der Waals surface area contributed by atoms with E-state index in [1.54, 1.807) is 6.33 Å². The fraction of sp³-hybridized carbons (Fsp3) is 0.684. The lowest BCUT2D eigenvalue weighted by Gasteiger charge is -2.51. The standard InChI is InChI=1S/C19H29N7O3/c1-18(28)10-19(4-7-25(8-5-19)14(27)3-2-6-20)29-9-13(18)26-12-24-15-16(21)22-11-23-17(15)26/h11-13,28H,2-10,20H2,1H3,(H2,21,22,23)/t13-,18-/m1/s1. The van der Waals surface area contributed by atoms with E-state index in [1.807, 2.05) is 16.4 Å². The van der Waals surface area contributed by atoms with E-state index in [1.165, 1.54) is 6.33 Å². The summed E-state index contributed by atoms with van der Waals surface area (Å²) in [6, 6.07) is -0.336. The molecule has 2 aliphatic rings. The first-order valence-electron chi connectivity index (χ1n) is 10.1. The van der Waals surface area contributed by atoms with Crippen LogP contribution in [0.1, 0.15) is 45.1 Å². The minimum atomic E-state index is -1.02. The second-order valence-electron chi connectivity index (χ2n) is 8.40. The zero-order chi connectivity index (χ0) is 20.6. The second kappa shape index (κ2) is 7.51. The van der Waals surface area contributed by atoms with Crippen LogP contribution in [-0.2, 0) is 9.53 Å². The highest BCUT2D eigenvalue weighted by molar-refractivity contribution is 5.81. The summed E-state index contributed by atoms with van der Waals surface area (Å²) in [6.07, 6.45) is 6.13. The van der Waals surface area contributed by atoms with Gasteiger partial charge in [-0.05, 0) is 32.7 Å². The minimum absolute atomic E-state index is 0.146. The van der Waals surface area contributed by atoms with Gasteiger partial charge in [-0.25, -0.2) is 15.0 Å². The molecule has 2 fully saturated rings. The number of hydrogen-bond donors (Lipinski definition) is 3. The van der Waals surface area contributed by atoms with Crippen LogP contribution >= 0.6 is 0 Å². The van der Waals surface area contributed by atoms with Gasteiger partial charge in [-0.15, -0.1) is 0 Å². The number of aromatic nitrogens is 4. The van der Waals surface area contributed by atoms with Crippen molar-refractivity contribution < 1.29 is 14.6 Å². The fourth-order valence-electron chi connectivity index (χ4n) is 4.63. The molecule has 2 aromatic heterocycles. The number of imidazole rings is 1. The molecule has 0 radical (unpaired) electrons. The van der Waals surface area contributed by atoms with Crippen LogP contribution in [0.4, 0.5) is 5.82 Å². The lowest BCUT2D eigenvalue weighted by Crippen LogP contribution is -2.58. The molecule has 0 aromatic carbocycles. The Kier molecular flexibility index (Phi) is 5.18. The first-order valence-corrected chi connectivity index (χ1v) is 10.1. The molecule has 0 saturated carbocycles. The van der Waals surface area contributed by atoms with Crippen molar-refractivity contribution >= 4 is 22.9 Å². The second-order valence-corrected chi connectivity index (χ2v) is 8.40. The molecule has 5 N–H and O–H groups in total. The number of piperidine rings is 1. The maximum atomic E-state index is 12.3. The van der Waals surface area contributed by atoms with Gasteiger partial charge in [0.2, 0.25) is 5.91 Å². The van der Waals surface area contributed by atoms with Gasteiger partial charge in [-0.3, -0.25) is 4.79 Å². The Hall–Kier alpha value is -2.30. The van der Waals surface area contributed by atoms with Gasteiger partial charge in [-0.1, -0.05) is 0 Å². The Morgan fingerprint density at radius 2 is 2.10 bits per heavy atom. The summed E-state index contributed by atoms with van der Waals surface area (Å²) in [5, 5.41) is 11.3. The molecule has 4 rings (SSSR count). The third-order valence-corrected chi connectivity index (χ3v) is 6.29. The zero-order valence-corrected chi connectivity index (χ0v) is 16.8. The number of ether oxygens (including phenoxy) is 1. The van der Waals surface area contributed by atoms with Crippen molar-refractivity contribution in [3.63, 3.8) is 0 Å². The number of likely N-dealkylation sites (tertiary alicyclic amines) is 1. The molecule has 4 heterocycles. The van der Waals surface area contributed by atoms with E-state index >= 15 is 0 Å². The Bertz CT molecular complexity index is 889. The monoisotopic (exact) mass is 403 g/mol. The number of nitrogens with zero attached hydrogens (tertiary/aromatic N) is 5. The van der Waals surface area contributed by atoms with Gasteiger partial charge in [0.1, 0.15) is 11.8 Å². The number of fused-ring (bicyclic) bond motifs is 1. The molecule has 2 atom stereocenters. The van der Waals surface area contributed by atoms with Gasteiger partial charge in [0.05, 0.1) is 30.2 Å². The average molecular weight is 403 g/mol. The Morgan fingerprint density at radius 1 is 1.34 bits per heavy atom. The van der Waals surface area contributed by atoms with Crippen LogP contribution in [0.3, 0.4) is 0 Å². The molecule has 29 heavy (non-hydrogen) atoms. The number of carbonyl (C=O) groups excluding carboxylic acids is 1. The van der Waals surface area contributed by atoms with Crippen molar-refractivity contribution in [2.75, 3.05) is 32.0 Å². The van der Waals surface area contributed by atoms with Crippen molar-refractivity contribution in [3.05, 3.63) is 12.7 Å². The smallest absolute Gasteiger partial charge is 0.222 e. The number of hydrogen-bond acceptors (Lipinski definition) is 8. The summed E-state index contributed by atoms with van der Waals surface area (Å²) in [6.45, 7) is 3.97. The van der Waals surface area contributed by atoms with Crippen molar-refractivity contribution in [2.45, 2.75) is 56.3 Å². The zero-order valence-electron chi connectivity index (χ0n) is 16.8. The van der Waals surface area contributed by atoms with Crippen LogP contribution in [0, 0.1) is 0 Å². The summed E-state index contributed by atoms with van der Waals surface area (Å²) in [5.74, 6) is 0.459. The minimum Gasteiger partial charge on any atom is -0.388 e. The maximum Gasteiger partial charge on any atom is 0.222 e. The molecule has 1 spiro atoms. The average Bonchev–Trinajstić information content (AvgIpc) is 3.11. The topological polar surface area (TPSA) is 145 Å². The Balaban J connectivity index is 1.47. The van der Waals surface area contributed by atoms with Crippen LogP contribution in [0.5, 0.6) is 0 Å². The SMILES string of the molecule is C[C@@]1(O)CC2(CCN(C(=O)CCCN)CC2)OC[C@H]1n1cnc2c(N)ncnc21. The predicted molar refractivity (Wildman–Crippen MR) is 107 cm³/mol. The Morgan fingerprint density at radius 3 is 2.79 bits per heavy atom. The van der Waals surface area contributed by atoms with Crippen LogP contribution < -0.4 is 11.5 Å². The highest BCUT2D eigenvalue weighted by Gasteiger charge is 2.50. The van der Waals surface area contributed by atoms with Crippen LogP contribution in [0.15, 0.2) is 12.7 Å². The van der Waals surface area contributed by atoms with Crippen LogP contribution in [0.2, 0.25) is 0 Å². The molecule has 0 aliphatic carbocycles. The van der Waals surface area contributed by atoms with E-state index in [9.17, 15) is 9.90 Å². The molecular weight excluding hydrogens is 374 g/mol. The predicted octanol–water partition coefficient (Wildman–Crippen LogP) is 0.221. The summed E-state index contributed by atoms with van der Waals surface area (Å²) in [7, 11) is 0. The molecule has 158 valence electrons. The molecule has 0 bridgehead atoms. The molecule has 0 unspecified atom stereocenters. The molecule has 2 aromatic rings. The van der Waals surface area contributed by atoms with E-state index in [4.69, 9.17) is 16.2 Å². The molecule has 2 aliphatic heterocycles. The van der Waals surface area contributed by atoms with Gasteiger partial charge in [0.15, 0.2) is 11.5 Å². The van der Waals surface area contributed by atoms with Crippen molar-refractivity contribution in [2.24, 2.45) is 5.73 Å². The highest BCUT2D eigenvalue weighted by Crippen LogP contribution is 2.44. The third-order valence-electron chi connectivity index (χ3n) is 6.29. The number of carbonyl (C=O) groups is 1. The van der Waals surface area contributed by atoms with Crippen molar-refractivity contribution in [3.8, 4) is 0 Å². The molecule has 10 heteroatoms. The third kappa shape index (κ3) is 3.67. The quantitative estimate of drug-likeness (QED) is 0.657. The first kappa shape index (κ1) is 20.0. The van der Waals surface area contributed by atoms with Crippen LogP contribution in [-0.4, -0.2) is 72.9 Å². The van der Waals surface area contributed by atoms with Gasteiger partial charge in [0, 0.05) is 25.9 Å². The van der Waals surface area contributed by atoms with Gasteiger partial charge in [0.25, 0.3) is 0 Å². The molecule has 1 amide bonds. The lowest BCUT2D eigenvalue weighted by molar-refractivity contribution is -0.197. The van der Waals surface area contributed by atoms with Crippen molar-refractivity contribution in [1.29, 1.82) is 0 Å². The molecular formula is C19H29N7O3. The fourth-order valence-corrected chi connectivity index (χ4v) is 4.63. The summed E-state index contributed by atoms with van der Waals surface area (Å²) in [5.41, 5.74) is 11.1. The number of rotatable bonds is 4. The number of nitrogen functional groups attached to an aromatic ring is 1. The van der Waals surface area contributed by atoms with E-state index in [0.717, 1.165) is 0 Å². The molecule has 2 saturated heterocycles. The van der Waals surface area contributed by atoms with Gasteiger partial charge in [-0.2, -0.15) is 0 Å². The number of anilines is 1. The van der Waals surface area contributed by atoms with E-state index in [-0.39, 0.29) is 11.9 Å². The Labute approximate surface area is 169 Å². The first-order chi connectivity index (χ1) is 13.9. The summed E-state index contributed by atoms with van der Waals surface area (Å²) in [4.78, 5) is 26.7. The number of nitrogens with two attached hydrogens (primary N) is 2. The molecule has 10 nitrogen and oxygen atoms in total. The lowest BCUT2D eigenvalue weighted by atomic mass is 9.75. The van der Waals surface area contributed by atoms with Gasteiger partial charge < -0.3 is 30.8 Å². The summed E-state index contributed by atoms with van der Waals surface area (Å²) < 4.78 is 8.15. The van der Waals surface area contributed by atoms with E-state index in [0.29, 0.717) is 75.3 Å². The summed E-state index contributed by atoms with van der Waals surface area (Å²) >= 11 is 0. The normalized spacial score (nSPS) is 26.9. The van der Waals surface area contributed by atoms with Crippen molar-refractivity contribution in [1.82, 2.24) is 24.4 Å². The van der Waals surface area contributed by atoms with Crippen LogP contribution in [0.25, 0.3) is 11.2 Å². The maximum absolute atomic E-state index is 12.3. The highest BCUT2D eigenvalue weighted by atomic mass is 16.5. The number of amides is 1. The largest absolute Gasteiger partial charge is 0.388 e. The van der Waals surface area contributed by atoms with E-state index < -0.39 is 11.2 Å².